The number of rotatable bonds is 5. The fourth-order valence-electron chi connectivity index (χ4n) is 8.91. The number of nitrogens with zero attached hydrogens (tertiary/aromatic N) is 3. The van der Waals surface area contributed by atoms with Crippen molar-refractivity contribution in [2.45, 2.75) is 12.8 Å². The van der Waals surface area contributed by atoms with Crippen molar-refractivity contribution in [3.05, 3.63) is 187 Å². The maximum absolute atomic E-state index is 6.55. The Bertz CT molecular complexity index is 3410. The van der Waals surface area contributed by atoms with E-state index >= 15 is 0 Å². The monoisotopic (exact) mass is 743 g/mol. The summed E-state index contributed by atoms with van der Waals surface area (Å²) in [5.74, 6) is 1.72. The van der Waals surface area contributed by atoms with Gasteiger partial charge in [0.25, 0.3) is 0 Å². The minimum Gasteiger partial charge on any atom is -0.456 e. The first-order valence-corrected chi connectivity index (χ1v) is 19.7. The zero-order valence-electron chi connectivity index (χ0n) is 31.3. The number of hydrogen-bond acceptors (Lipinski definition) is 5. The van der Waals surface area contributed by atoms with Crippen LogP contribution in [-0.2, 0) is 12.8 Å². The van der Waals surface area contributed by atoms with E-state index in [-0.39, 0.29) is 0 Å². The van der Waals surface area contributed by atoms with E-state index in [0.717, 1.165) is 90.1 Å². The number of furan rings is 2. The molecule has 0 unspecified atom stereocenters. The Morgan fingerprint density at radius 3 is 1.84 bits per heavy atom. The molecule has 0 spiro atoms. The lowest BCUT2D eigenvalue weighted by Gasteiger charge is -2.20. The fourth-order valence-corrected chi connectivity index (χ4v) is 8.91. The summed E-state index contributed by atoms with van der Waals surface area (Å²) in [4.78, 5) is 15.5. The number of aryl methyl sites for hydroxylation is 2. The summed E-state index contributed by atoms with van der Waals surface area (Å²) in [6.07, 6.45) is 2.10. The minimum absolute atomic E-state index is 0.550. The number of para-hydroxylation sites is 2. The van der Waals surface area contributed by atoms with Gasteiger partial charge in [-0.05, 0) is 87.7 Å². The van der Waals surface area contributed by atoms with Gasteiger partial charge in [0, 0.05) is 32.7 Å². The van der Waals surface area contributed by atoms with Gasteiger partial charge in [-0.15, -0.1) is 0 Å². The molecule has 0 radical (unpaired) electrons. The largest absolute Gasteiger partial charge is 0.456 e. The van der Waals surface area contributed by atoms with Gasteiger partial charge in [0.2, 0.25) is 0 Å². The standard InChI is InChI=1S/C53H33N3O2/c1-2-13-33(14-3-1)51-54-52(56-53(55-51)44-21-10-20-42-40-17-8-9-22-46(40)58-50(42)44)43-18-7-6-16-39(43)41-19-11-23-48-49(41)45-31-35(27-29-47(45)57-48)34-26-28-38-36(30-34)25-24-32-12-4-5-15-37(32)38/h1-23,26-31H,24-25H2. The van der Waals surface area contributed by atoms with E-state index in [1.54, 1.807) is 0 Å². The summed E-state index contributed by atoms with van der Waals surface area (Å²) in [5, 5.41) is 4.21. The van der Waals surface area contributed by atoms with Gasteiger partial charge < -0.3 is 8.83 Å². The highest BCUT2D eigenvalue weighted by atomic mass is 16.3. The molecule has 0 saturated heterocycles. The molecule has 5 heteroatoms. The highest BCUT2D eigenvalue weighted by molar-refractivity contribution is 6.14. The lowest BCUT2D eigenvalue weighted by molar-refractivity contribution is 0.669. The SMILES string of the molecule is c1ccc(-c2nc(-c3ccccc3-c3cccc4oc5ccc(-c6ccc7c(c6)CCc6ccccc6-7)cc5c34)nc(-c3cccc4c3oc3ccccc34)n2)cc1. The number of benzene rings is 8. The van der Waals surface area contributed by atoms with Gasteiger partial charge >= 0.3 is 0 Å². The van der Waals surface area contributed by atoms with Crippen LogP contribution in [0.2, 0.25) is 0 Å². The predicted octanol–water partition coefficient (Wildman–Crippen LogP) is 13.8. The Balaban J connectivity index is 1.03. The third kappa shape index (κ3) is 5.21. The fraction of sp³-hybridized carbons (Fsp3) is 0.0377. The Morgan fingerprint density at radius 2 is 0.931 bits per heavy atom. The molecule has 8 aromatic carbocycles. The van der Waals surface area contributed by atoms with Crippen LogP contribution in [0, 0.1) is 0 Å². The number of fused-ring (bicyclic) bond motifs is 9. The van der Waals surface area contributed by atoms with Crippen molar-refractivity contribution >= 4 is 43.9 Å². The van der Waals surface area contributed by atoms with E-state index in [1.165, 1.54) is 27.8 Å². The molecule has 3 heterocycles. The van der Waals surface area contributed by atoms with Crippen LogP contribution in [0.15, 0.2) is 185 Å². The molecule has 1 aliphatic rings. The smallest absolute Gasteiger partial charge is 0.167 e. The third-order valence-corrected chi connectivity index (χ3v) is 11.7. The molecule has 0 atom stereocenters. The van der Waals surface area contributed by atoms with Gasteiger partial charge in [-0.1, -0.05) is 146 Å². The topological polar surface area (TPSA) is 65.0 Å². The molecule has 0 N–H and O–H groups in total. The summed E-state index contributed by atoms with van der Waals surface area (Å²) >= 11 is 0. The molecule has 1 aliphatic carbocycles. The van der Waals surface area contributed by atoms with Crippen LogP contribution in [0.1, 0.15) is 11.1 Å². The van der Waals surface area contributed by atoms with E-state index in [1.807, 2.05) is 66.7 Å². The summed E-state index contributed by atoms with van der Waals surface area (Å²) in [5.41, 5.74) is 15.8. The van der Waals surface area contributed by atoms with Crippen LogP contribution in [0.25, 0.3) is 111 Å². The first-order valence-electron chi connectivity index (χ1n) is 19.7. The minimum atomic E-state index is 0.550. The van der Waals surface area contributed by atoms with Crippen molar-refractivity contribution in [2.24, 2.45) is 0 Å². The maximum atomic E-state index is 6.55. The van der Waals surface area contributed by atoms with Crippen LogP contribution in [0.4, 0.5) is 0 Å². The normalized spacial score (nSPS) is 12.3. The van der Waals surface area contributed by atoms with Gasteiger partial charge in [-0.25, -0.2) is 15.0 Å². The molecule has 12 rings (SSSR count). The first kappa shape index (κ1) is 32.6. The highest BCUT2D eigenvalue weighted by Gasteiger charge is 2.22. The first-order chi connectivity index (χ1) is 28.7. The van der Waals surface area contributed by atoms with Crippen molar-refractivity contribution in [1.82, 2.24) is 15.0 Å². The number of hydrogen-bond donors (Lipinski definition) is 0. The molecule has 0 bridgehead atoms. The lowest BCUT2D eigenvalue weighted by atomic mass is 9.84. The van der Waals surface area contributed by atoms with Crippen molar-refractivity contribution in [3.63, 3.8) is 0 Å². The summed E-state index contributed by atoms with van der Waals surface area (Å²) in [6.45, 7) is 0. The molecular weight excluding hydrogens is 711 g/mol. The highest BCUT2D eigenvalue weighted by Crippen LogP contribution is 2.43. The quantitative estimate of drug-likeness (QED) is 0.176. The van der Waals surface area contributed by atoms with E-state index < -0.39 is 0 Å². The van der Waals surface area contributed by atoms with Crippen LogP contribution >= 0.6 is 0 Å². The van der Waals surface area contributed by atoms with E-state index in [2.05, 4.69) is 109 Å². The van der Waals surface area contributed by atoms with Crippen LogP contribution < -0.4 is 0 Å². The Hall–Kier alpha value is -7.63. The zero-order valence-corrected chi connectivity index (χ0v) is 31.3. The molecule has 0 amide bonds. The van der Waals surface area contributed by atoms with Gasteiger partial charge in [0.05, 0.1) is 5.56 Å². The molecule has 0 aliphatic heterocycles. The molecule has 5 nitrogen and oxygen atoms in total. The van der Waals surface area contributed by atoms with Crippen molar-refractivity contribution in [1.29, 1.82) is 0 Å². The zero-order chi connectivity index (χ0) is 38.2. The Labute approximate surface area is 333 Å². The average Bonchev–Trinajstić information content (AvgIpc) is 3.87. The second-order valence-corrected chi connectivity index (χ2v) is 15.0. The molecule has 11 aromatic rings. The van der Waals surface area contributed by atoms with Crippen LogP contribution in [-0.4, -0.2) is 15.0 Å². The van der Waals surface area contributed by atoms with Gasteiger partial charge in [0.1, 0.15) is 22.3 Å². The second-order valence-electron chi connectivity index (χ2n) is 15.0. The average molecular weight is 744 g/mol. The molecular formula is C53H33N3O2. The molecule has 272 valence electrons. The van der Waals surface area contributed by atoms with E-state index in [9.17, 15) is 0 Å². The second kappa shape index (κ2) is 13.0. The van der Waals surface area contributed by atoms with E-state index in [0.29, 0.717) is 17.5 Å². The summed E-state index contributed by atoms with van der Waals surface area (Å²) in [7, 11) is 0. The summed E-state index contributed by atoms with van der Waals surface area (Å²) in [6, 6.07) is 61.3. The lowest BCUT2D eigenvalue weighted by Crippen LogP contribution is -2.03. The van der Waals surface area contributed by atoms with Gasteiger partial charge in [-0.3, -0.25) is 0 Å². The van der Waals surface area contributed by atoms with E-state index in [4.69, 9.17) is 23.8 Å². The third-order valence-electron chi connectivity index (χ3n) is 11.7. The molecule has 0 saturated carbocycles. The molecule has 0 fully saturated rings. The van der Waals surface area contributed by atoms with Crippen molar-refractivity contribution in [2.75, 3.05) is 0 Å². The molecule has 3 aromatic heterocycles. The van der Waals surface area contributed by atoms with Gasteiger partial charge in [-0.2, -0.15) is 0 Å². The van der Waals surface area contributed by atoms with Gasteiger partial charge in [0.15, 0.2) is 17.5 Å². The summed E-state index contributed by atoms with van der Waals surface area (Å²) < 4.78 is 13.0. The Morgan fingerprint density at radius 1 is 0.328 bits per heavy atom. The predicted molar refractivity (Wildman–Crippen MR) is 234 cm³/mol. The number of aromatic nitrogens is 3. The van der Waals surface area contributed by atoms with Crippen molar-refractivity contribution in [3.8, 4) is 67.5 Å². The van der Waals surface area contributed by atoms with Crippen LogP contribution in [0.3, 0.4) is 0 Å². The van der Waals surface area contributed by atoms with Crippen LogP contribution in [0.5, 0.6) is 0 Å². The molecule has 58 heavy (non-hydrogen) atoms. The Kier molecular flexibility index (Phi) is 7.29. The van der Waals surface area contributed by atoms with Crippen molar-refractivity contribution < 1.29 is 8.83 Å². The maximum Gasteiger partial charge on any atom is 0.167 e.